The summed E-state index contributed by atoms with van der Waals surface area (Å²) in [6.07, 6.45) is -0.553. The van der Waals surface area contributed by atoms with Gasteiger partial charge in [0.2, 0.25) is 0 Å². The Labute approximate surface area is 128 Å². The SMILES string of the molecule is CC(C)(C)OC(=O)NCCNC(=O)c1cc(Cl)ccc1O. The van der Waals surface area contributed by atoms with E-state index in [-0.39, 0.29) is 24.4 Å². The minimum atomic E-state index is -0.570. The average Bonchev–Trinajstić information content (AvgIpc) is 2.35. The first-order valence-corrected chi connectivity index (χ1v) is 6.80. The van der Waals surface area contributed by atoms with Gasteiger partial charge in [-0.05, 0) is 39.0 Å². The molecule has 0 saturated carbocycles. The maximum Gasteiger partial charge on any atom is 0.407 e. The van der Waals surface area contributed by atoms with Crippen LogP contribution in [0.15, 0.2) is 18.2 Å². The Morgan fingerprint density at radius 2 is 1.86 bits per heavy atom. The number of phenols is 1. The van der Waals surface area contributed by atoms with Crippen LogP contribution in [-0.4, -0.2) is 35.8 Å². The molecule has 0 saturated heterocycles. The molecule has 0 spiro atoms. The lowest BCUT2D eigenvalue weighted by Crippen LogP contribution is -2.37. The molecule has 1 aromatic rings. The number of carbonyl (C=O) groups is 2. The molecule has 1 aromatic carbocycles. The highest BCUT2D eigenvalue weighted by molar-refractivity contribution is 6.31. The van der Waals surface area contributed by atoms with Gasteiger partial charge >= 0.3 is 6.09 Å². The van der Waals surface area contributed by atoms with Crippen LogP contribution in [0.25, 0.3) is 0 Å². The highest BCUT2D eigenvalue weighted by Gasteiger charge is 2.16. The van der Waals surface area contributed by atoms with E-state index in [4.69, 9.17) is 16.3 Å². The third kappa shape index (κ3) is 6.35. The number of phenolic OH excluding ortho intramolecular Hbond substituents is 1. The van der Waals surface area contributed by atoms with Crippen LogP contribution >= 0.6 is 11.6 Å². The van der Waals surface area contributed by atoms with E-state index in [2.05, 4.69) is 10.6 Å². The van der Waals surface area contributed by atoms with E-state index < -0.39 is 17.6 Å². The predicted molar refractivity (Wildman–Crippen MR) is 79.7 cm³/mol. The van der Waals surface area contributed by atoms with Gasteiger partial charge in [0, 0.05) is 18.1 Å². The van der Waals surface area contributed by atoms with Crippen molar-refractivity contribution in [2.75, 3.05) is 13.1 Å². The van der Waals surface area contributed by atoms with Gasteiger partial charge in [-0.2, -0.15) is 0 Å². The van der Waals surface area contributed by atoms with Crippen LogP contribution in [-0.2, 0) is 4.74 Å². The number of hydrogen-bond donors (Lipinski definition) is 3. The fourth-order valence-electron chi connectivity index (χ4n) is 1.44. The molecule has 6 nitrogen and oxygen atoms in total. The summed E-state index contributed by atoms with van der Waals surface area (Å²) in [5.41, 5.74) is -0.486. The summed E-state index contributed by atoms with van der Waals surface area (Å²) in [7, 11) is 0. The number of nitrogens with one attached hydrogen (secondary N) is 2. The number of ether oxygens (including phenoxy) is 1. The van der Waals surface area contributed by atoms with E-state index >= 15 is 0 Å². The fraction of sp³-hybridized carbons (Fsp3) is 0.429. The lowest BCUT2D eigenvalue weighted by atomic mass is 10.2. The van der Waals surface area contributed by atoms with Gasteiger partial charge in [0.1, 0.15) is 11.4 Å². The first kappa shape index (κ1) is 17.1. The van der Waals surface area contributed by atoms with Gasteiger partial charge in [-0.15, -0.1) is 0 Å². The minimum Gasteiger partial charge on any atom is -0.507 e. The first-order chi connectivity index (χ1) is 9.69. The van der Waals surface area contributed by atoms with Crippen molar-refractivity contribution in [3.8, 4) is 5.75 Å². The molecule has 2 amide bonds. The number of amides is 2. The number of carbonyl (C=O) groups excluding carboxylic acids is 2. The van der Waals surface area contributed by atoms with E-state index in [1.54, 1.807) is 20.8 Å². The highest BCUT2D eigenvalue weighted by Crippen LogP contribution is 2.21. The smallest absolute Gasteiger partial charge is 0.407 e. The molecule has 7 heteroatoms. The summed E-state index contributed by atoms with van der Waals surface area (Å²) < 4.78 is 5.04. The van der Waals surface area contributed by atoms with Gasteiger partial charge in [0.05, 0.1) is 5.56 Å². The Bertz CT molecular complexity index is 526. The van der Waals surface area contributed by atoms with E-state index in [0.717, 1.165) is 0 Å². The van der Waals surface area contributed by atoms with Crippen molar-refractivity contribution in [1.29, 1.82) is 0 Å². The van der Waals surface area contributed by atoms with Gasteiger partial charge in [0.25, 0.3) is 5.91 Å². The van der Waals surface area contributed by atoms with Crippen LogP contribution < -0.4 is 10.6 Å². The molecule has 0 aliphatic rings. The van der Waals surface area contributed by atoms with Crippen molar-refractivity contribution in [3.05, 3.63) is 28.8 Å². The second kappa shape index (κ2) is 7.17. The molecule has 0 radical (unpaired) electrons. The topological polar surface area (TPSA) is 87.7 Å². The van der Waals surface area contributed by atoms with Crippen molar-refractivity contribution in [3.63, 3.8) is 0 Å². The second-order valence-electron chi connectivity index (χ2n) is 5.35. The van der Waals surface area contributed by atoms with E-state index in [9.17, 15) is 14.7 Å². The largest absolute Gasteiger partial charge is 0.507 e. The monoisotopic (exact) mass is 314 g/mol. The number of alkyl carbamates (subject to hydrolysis) is 1. The van der Waals surface area contributed by atoms with Gasteiger partial charge < -0.3 is 20.5 Å². The molecule has 21 heavy (non-hydrogen) atoms. The average molecular weight is 315 g/mol. The summed E-state index contributed by atoms with van der Waals surface area (Å²) in [6.45, 7) is 5.69. The van der Waals surface area contributed by atoms with Crippen LogP contribution in [0.1, 0.15) is 31.1 Å². The molecule has 0 aliphatic carbocycles. The van der Waals surface area contributed by atoms with Gasteiger partial charge in [0.15, 0.2) is 0 Å². The van der Waals surface area contributed by atoms with Crippen LogP contribution in [0.4, 0.5) is 4.79 Å². The molecule has 0 aromatic heterocycles. The number of hydrogen-bond acceptors (Lipinski definition) is 4. The first-order valence-electron chi connectivity index (χ1n) is 6.42. The van der Waals surface area contributed by atoms with Crippen LogP contribution in [0, 0.1) is 0 Å². The zero-order valence-corrected chi connectivity index (χ0v) is 13.0. The Kier molecular flexibility index (Phi) is 5.84. The van der Waals surface area contributed by atoms with E-state index in [1.165, 1.54) is 18.2 Å². The van der Waals surface area contributed by atoms with Crippen LogP contribution in [0.5, 0.6) is 5.75 Å². The number of halogens is 1. The quantitative estimate of drug-likeness (QED) is 0.744. The standard InChI is InChI=1S/C14H19ClN2O4/c1-14(2,3)21-13(20)17-7-6-16-12(19)10-8-9(15)4-5-11(10)18/h4-5,8,18H,6-7H2,1-3H3,(H,16,19)(H,17,20). The molecule has 0 unspecified atom stereocenters. The van der Waals surface area contributed by atoms with Crippen LogP contribution in [0.3, 0.4) is 0 Å². The molecule has 0 fully saturated rings. The summed E-state index contributed by atoms with van der Waals surface area (Å²) in [5.74, 6) is -0.627. The molecule has 3 N–H and O–H groups in total. The molecule has 116 valence electrons. The summed E-state index contributed by atoms with van der Waals surface area (Å²) >= 11 is 5.76. The normalized spacial score (nSPS) is 10.9. The minimum absolute atomic E-state index is 0.0831. The molecular weight excluding hydrogens is 296 g/mol. The van der Waals surface area contributed by atoms with Gasteiger partial charge in [-0.1, -0.05) is 11.6 Å². The predicted octanol–water partition coefficient (Wildman–Crippen LogP) is 2.30. The van der Waals surface area contributed by atoms with E-state index in [0.29, 0.717) is 5.02 Å². The molecule has 0 aliphatic heterocycles. The molecular formula is C14H19ClN2O4. The third-order valence-corrected chi connectivity index (χ3v) is 2.52. The highest BCUT2D eigenvalue weighted by atomic mass is 35.5. The van der Waals surface area contributed by atoms with Crippen molar-refractivity contribution in [2.24, 2.45) is 0 Å². The lowest BCUT2D eigenvalue weighted by Gasteiger charge is -2.19. The number of benzene rings is 1. The second-order valence-corrected chi connectivity index (χ2v) is 5.78. The van der Waals surface area contributed by atoms with Crippen molar-refractivity contribution in [1.82, 2.24) is 10.6 Å². The summed E-state index contributed by atoms with van der Waals surface area (Å²) in [5, 5.41) is 15.0. The van der Waals surface area contributed by atoms with Crippen molar-refractivity contribution < 1.29 is 19.4 Å². The van der Waals surface area contributed by atoms with E-state index in [1.807, 2.05) is 0 Å². The Hall–Kier alpha value is -1.95. The molecule has 0 bridgehead atoms. The lowest BCUT2D eigenvalue weighted by molar-refractivity contribution is 0.0526. The third-order valence-electron chi connectivity index (χ3n) is 2.28. The number of rotatable bonds is 4. The fourth-order valence-corrected chi connectivity index (χ4v) is 1.61. The molecule has 0 heterocycles. The Morgan fingerprint density at radius 1 is 1.24 bits per heavy atom. The maximum absolute atomic E-state index is 11.8. The zero-order valence-electron chi connectivity index (χ0n) is 12.2. The number of aromatic hydroxyl groups is 1. The summed E-state index contributed by atoms with van der Waals surface area (Å²) in [6, 6.07) is 4.20. The zero-order chi connectivity index (χ0) is 16.0. The molecule has 1 rings (SSSR count). The summed E-state index contributed by atoms with van der Waals surface area (Å²) in [4.78, 5) is 23.2. The Morgan fingerprint density at radius 3 is 2.48 bits per heavy atom. The van der Waals surface area contributed by atoms with Crippen LogP contribution in [0.2, 0.25) is 5.02 Å². The van der Waals surface area contributed by atoms with Gasteiger partial charge in [-0.3, -0.25) is 4.79 Å². The van der Waals surface area contributed by atoms with Crippen molar-refractivity contribution >= 4 is 23.6 Å². The molecule has 0 atom stereocenters. The van der Waals surface area contributed by atoms with Crippen molar-refractivity contribution in [2.45, 2.75) is 26.4 Å². The Balaban J connectivity index is 2.38. The van der Waals surface area contributed by atoms with Gasteiger partial charge in [-0.25, -0.2) is 4.79 Å². The maximum atomic E-state index is 11.8.